The molecule has 0 heterocycles. The molecular weight excluding hydrogens is 204 g/mol. The third kappa shape index (κ3) is 9.97. The Labute approximate surface area is 99.2 Å². The summed E-state index contributed by atoms with van der Waals surface area (Å²) in [4.78, 5) is 10.2. The number of hydrogen-bond acceptors (Lipinski definition) is 2. The van der Waals surface area contributed by atoms with Gasteiger partial charge in [0, 0.05) is 7.11 Å². The first kappa shape index (κ1) is 15.4. The summed E-state index contributed by atoms with van der Waals surface area (Å²) >= 11 is 0. The van der Waals surface area contributed by atoms with Crippen LogP contribution in [0, 0.1) is 0 Å². The first-order valence-electron chi connectivity index (χ1n) is 6.45. The Morgan fingerprint density at radius 2 is 1.62 bits per heavy atom. The molecule has 1 saturated carbocycles. The maximum Gasteiger partial charge on any atom is 0.305 e. The monoisotopic (exact) mass is 230 g/mol. The third-order valence-electron chi connectivity index (χ3n) is 2.85. The SMILES string of the molecule is C1CCCCC1.CCCC(CC(=O)O)OC. The van der Waals surface area contributed by atoms with E-state index in [1.54, 1.807) is 7.11 Å². The average molecular weight is 230 g/mol. The van der Waals surface area contributed by atoms with Gasteiger partial charge in [-0.05, 0) is 6.42 Å². The van der Waals surface area contributed by atoms with Crippen LogP contribution >= 0.6 is 0 Å². The lowest BCUT2D eigenvalue weighted by atomic mass is 10.0. The smallest absolute Gasteiger partial charge is 0.305 e. The summed E-state index contributed by atoms with van der Waals surface area (Å²) < 4.78 is 4.92. The number of carboxylic acids is 1. The Hall–Kier alpha value is -0.570. The van der Waals surface area contributed by atoms with Crippen LogP contribution in [-0.2, 0) is 9.53 Å². The summed E-state index contributed by atoms with van der Waals surface area (Å²) in [6, 6.07) is 0. The van der Waals surface area contributed by atoms with Crippen LogP contribution in [0.25, 0.3) is 0 Å². The quantitative estimate of drug-likeness (QED) is 0.784. The molecule has 1 N–H and O–H groups in total. The fourth-order valence-electron chi connectivity index (χ4n) is 1.88. The molecule has 1 atom stereocenters. The molecule has 1 aliphatic carbocycles. The van der Waals surface area contributed by atoms with Gasteiger partial charge in [-0.2, -0.15) is 0 Å². The number of hydrogen-bond donors (Lipinski definition) is 1. The molecule has 0 bridgehead atoms. The minimum atomic E-state index is -0.791. The van der Waals surface area contributed by atoms with E-state index < -0.39 is 5.97 Å². The van der Waals surface area contributed by atoms with Crippen LogP contribution in [0.2, 0.25) is 0 Å². The lowest BCUT2D eigenvalue weighted by Crippen LogP contribution is -2.15. The molecule has 0 radical (unpaired) electrons. The van der Waals surface area contributed by atoms with Crippen LogP contribution in [0.4, 0.5) is 0 Å². The molecular formula is C13H26O3. The minimum absolute atomic E-state index is 0.109. The molecule has 0 aromatic heterocycles. The van der Waals surface area contributed by atoms with E-state index in [4.69, 9.17) is 9.84 Å². The van der Waals surface area contributed by atoms with E-state index in [1.165, 1.54) is 38.5 Å². The van der Waals surface area contributed by atoms with Gasteiger partial charge < -0.3 is 9.84 Å². The molecule has 0 spiro atoms. The van der Waals surface area contributed by atoms with Crippen molar-refractivity contribution in [2.45, 2.75) is 70.8 Å². The molecule has 1 unspecified atom stereocenters. The van der Waals surface area contributed by atoms with E-state index in [1.807, 2.05) is 6.92 Å². The van der Waals surface area contributed by atoms with E-state index in [9.17, 15) is 4.79 Å². The number of carboxylic acid groups (broad SMARTS) is 1. The highest BCUT2D eigenvalue weighted by molar-refractivity contribution is 5.67. The molecule has 1 rings (SSSR count). The van der Waals surface area contributed by atoms with Gasteiger partial charge >= 0.3 is 5.97 Å². The summed E-state index contributed by atoms with van der Waals surface area (Å²) in [6.45, 7) is 2.01. The number of carbonyl (C=O) groups is 1. The van der Waals surface area contributed by atoms with Crippen molar-refractivity contribution in [1.82, 2.24) is 0 Å². The molecule has 0 aromatic carbocycles. The van der Waals surface area contributed by atoms with E-state index in [-0.39, 0.29) is 12.5 Å². The number of ether oxygens (including phenoxy) is 1. The molecule has 3 nitrogen and oxygen atoms in total. The minimum Gasteiger partial charge on any atom is -0.481 e. The molecule has 1 aliphatic rings. The maximum atomic E-state index is 10.2. The zero-order chi connectivity index (χ0) is 12.2. The molecule has 0 aliphatic heterocycles. The summed E-state index contributed by atoms with van der Waals surface area (Å²) in [6.07, 6.45) is 10.8. The molecule has 0 saturated heterocycles. The Balaban J connectivity index is 0.000000315. The van der Waals surface area contributed by atoms with Crippen LogP contribution in [-0.4, -0.2) is 24.3 Å². The first-order chi connectivity index (χ1) is 7.70. The van der Waals surface area contributed by atoms with Crippen molar-refractivity contribution in [2.24, 2.45) is 0 Å². The van der Waals surface area contributed by atoms with Crippen molar-refractivity contribution in [1.29, 1.82) is 0 Å². The topological polar surface area (TPSA) is 46.5 Å². The van der Waals surface area contributed by atoms with Gasteiger partial charge in [0.25, 0.3) is 0 Å². The van der Waals surface area contributed by atoms with Gasteiger partial charge in [-0.15, -0.1) is 0 Å². The summed E-state index contributed by atoms with van der Waals surface area (Å²) in [7, 11) is 1.54. The van der Waals surface area contributed by atoms with E-state index >= 15 is 0 Å². The van der Waals surface area contributed by atoms with Gasteiger partial charge in [-0.25, -0.2) is 0 Å². The van der Waals surface area contributed by atoms with E-state index in [2.05, 4.69) is 0 Å². The Morgan fingerprint density at radius 3 is 1.88 bits per heavy atom. The summed E-state index contributed by atoms with van der Waals surface area (Å²) in [5.74, 6) is -0.791. The maximum absolute atomic E-state index is 10.2. The van der Waals surface area contributed by atoms with E-state index in [0.717, 1.165) is 12.8 Å². The molecule has 1 fully saturated rings. The van der Waals surface area contributed by atoms with Gasteiger partial charge in [0.15, 0.2) is 0 Å². The first-order valence-corrected chi connectivity index (χ1v) is 6.45. The second-order valence-corrected chi connectivity index (χ2v) is 4.37. The molecule has 16 heavy (non-hydrogen) atoms. The van der Waals surface area contributed by atoms with Gasteiger partial charge in [0.1, 0.15) is 0 Å². The van der Waals surface area contributed by atoms with Crippen molar-refractivity contribution in [3.63, 3.8) is 0 Å². The number of methoxy groups -OCH3 is 1. The third-order valence-corrected chi connectivity index (χ3v) is 2.85. The second-order valence-electron chi connectivity index (χ2n) is 4.37. The summed E-state index contributed by atoms with van der Waals surface area (Å²) in [5, 5.41) is 8.36. The van der Waals surface area contributed by atoms with E-state index in [0.29, 0.717) is 0 Å². The molecule has 0 amide bonds. The molecule has 0 aromatic rings. The van der Waals surface area contributed by atoms with Gasteiger partial charge in [0.05, 0.1) is 12.5 Å². The Morgan fingerprint density at radius 1 is 1.19 bits per heavy atom. The van der Waals surface area contributed by atoms with Crippen LogP contribution in [0.3, 0.4) is 0 Å². The van der Waals surface area contributed by atoms with Crippen LogP contribution < -0.4 is 0 Å². The lowest BCUT2D eigenvalue weighted by Gasteiger charge is -2.10. The standard InChI is InChI=1S/C7H14O3.C6H12/c1-3-4-6(10-2)5-7(8)9;1-2-4-6-5-3-1/h6H,3-5H2,1-2H3,(H,8,9);1-6H2. The Kier molecular flexibility index (Phi) is 10.5. The highest BCUT2D eigenvalue weighted by Crippen LogP contribution is 2.15. The zero-order valence-electron chi connectivity index (χ0n) is 10.7. The second kappa shape index (κ2) is 10.9. The van der Waals surface area contributed by atoms with Crippen molar-refractivity contribution >= 4 is 5.97 Å². The lowest BCUT2D eigenvalue weighted by molar-refractivity contribution is -0.139. The largest absolute Gasteiger partial charge is 0.481 e. The molecule has 3 heteroatoms. The van der Waals surface area contributed by atoms with Crippen molar-refractivity contribution in [2.75, 3.05) is 7.11 Å². The van der Waals surface area contributed by atoms with Gasteiger partial charge in [0.2, 0.25) is 0 Å². The highest BCUT2D eigenvalue weighted by atomic mass is 16.5. The van der Waals surface area contributed by atoms with Gasteiger partial charge in [-0.1, -0.05) is 51.9 Å². The van der Waals surface area contributed by atoms with Gasteiger partial charge in [-0.3, -0.25) is 4.79 Å². The predicted octanol–water partition coefficient (Wildman–Crippen LogP) is 3.62. The fourth-order valence-corrected chi connectivity index (χ4v) is 1.88. The summed E-state index contributed by atoms with van der Waals surface area (Å²) in [5.41, 5.74) is 0. The zero-order valence-corrected chi connectivity index (χ0v) is 10.7. The predicted molar refractivity (Wildman–Crippen MR) is 65.7 cm³/mol. The average Bonchev–Trinajstić information content (AvgIpc) is 2.31. The Bertz CT molecular complexity index is 153. The number of rotatable bonds is 5. The number of aliphatic carboxylic acids is 1. The highest BCUT2D eigenvalue weighted by Gasteiger charge is 2.09. The van der Waals surface area contributed by atoms with Crippen LogP contribution in [0.1, 0.15) is 64.7 Å². The normalized spacial score (nSPS) is 17.1. The van der Waals surface area contributed by atoms with Crippen molar-refractivity contribution < 1.29 is 14.6 Å². The van der Waals surface area contributed by atoms with Crippen molar-refractivity contribution in [3.05, 3.63) is 0 Å². The fraction of sp³-hybridized carbons (Fsp3) is 0.923. The van der Waals surface area contributed by atoms with Crippen LogP contribution in [0.15, 0.2) is 0 Å². The van der Waals surface area contributed by atoms with Crippen LogP contribution in [0.5, 0.6) is 0 Å². The molecule has 96 valence electrons. The van der Waals surface area contributed by atoms with Crippen molar-refractivity contribution in [3.8, 4) is 0 Å².